The van der Waals surface area contributed by atoms with Crippen LogP contribution < -0.4 is 9.47 Å². The Morgan fingerprint density at radius 1 is 0.833 bits per heavy atom. The molecule has 0 saturated heterocycles. The molecule has 0 spiro atoms. The highest BCUT2D eigenvalue weighted by Gasteiger charge is 2.18. The summed E-state index contributed by atoms with van der Waals surface area (Å²) in [6.45, 7) is 0.296. The summed E-state index contributed by atoms with van der Waals surface area (Å²) in [6, 6.07) is 13.6. The van der Waals surface area contributed by atoms with Crippen molar-refractivity contribution in [3.05, 3.63) is 54.1 Å². The van der Waals surface area contributed by atoms with Gasteiger partial charge in [0.1, 0.15) is 5.82 Å². The maximum absolute atomic E-state index is 10.1. The molecule has 1 aromatic heterocycles. The maximum atomic E-state index is 10.1. The molecule has 8 heteroatoms. The van der Waals surface area contributed by atoms with Crippen molar-refractivity contribution in [2.45, 2.75) is 6.54 Å². The Labute approximate surface area is 171 Å². The summed E-state index contributed by atoms with van der Waals surface area (Å²) in [5.74, 6) is -0.503. The smallest absolute Gasteiger partial charge is 0.200 e. The number of imidazole rings is 1. The van der Waals surface area contributed by atoms with Crippen LogP contribution in [0.2, 0.25) is 0 Å². The number of hydrogen-bond donors (Lipinski definition) is 4. The minimum absolute atomic E-state index is 0.118. The average molecular weight is 408 g/mol. The highest BCUT2D eigenvalue weighted by atomic mass is 16.5. The first-order valence-corrected chi connectivity index (χ1v) is 9.07. The Morgan fingerprint density at radius 2 is 1.47 bits per heavy atom. The minimum atomic E-state index is -0.350. The van der Waals surface area contributed by atoms with Crippen LogP contribution in [-0.2, 0) is 6.54 Å². The molecule has 0 amide bonds. The summed E-state index contributed by atoms with van der Waals surface area (Å²) in [7, 11) is 2.80. The van der Waals surface area contributed by atoms with Gasteiger partial charge in [-0.3, -0.25) is 0 Å². The second kappa shape index (κ2) is 7.40. The van der Waals surface area contributed by atoms with Gasteiger partial charge < -0.3 is 34.5 Å². The van der Waals surface area contributed by atoms with Crippen LogP contribution in [0.4, 0.5) is 0 Å². The topological polar surface area (TPSA) is 117 Å². The quantitative estimate of drug-likeness (QED) is 0.373. The Hall–Kier alpha value is -4.07. The molecule has 30 heavy (non-hydrogen) atoms. The summed E-state index contributed by atoms with van der Waals surface area (Å²) >= 11 is 0. The Bertz CT molecular complexity index is 1250. The fraction of sp³-hybridized carbons (Fsp3) is 0.136. The SMILES string of the molecule is COc1cc(Cn2c(-c3cc(O)c(O)c(OC)c3)nc3ccccc32)cc(O)c1O. The van der Waals surface area contributed by atoms with Gasteiger partial charge in [0.15, 0.2) is 23.0 Å². The van der Waals surface area contributed by atoms with E-state index in [9.17, 15) is 20.4 Å². The Morgan fingerprint density at radius 3 is 2.17 bits per heavy atom. The molecule has 0 aliphatic rings. The van der Waals surface area contributed by atoms with E-state index in [-0.39, 0.29) is 34.5 Å². The molecule has 0 fully saturated rings. The normalized spacial score (nSPS) is 11.0. The summed E-state index contributed by atoms with van der Waals surface area (Å²) in [6.07, 6.45) is 0. The Balaban J connectivity index is 1.91. The lowest BCUT2D eigenvalue weighted by Gasteiger charge is -2.13. The second-order valence-corrected chi connectivity index (χ2v) is 6.72. The fourth-order valence-corrected chi connectivity index (χ4v) is 3.41. The highest BCUT2D eigenvalue weighted by Crippen LogP contribution is 2.41. The van der Waals surface area contributed by atoms with Crippen LogP contribution in [0.5, 0.6) is 34.5 Å². The first kappa shape index (κ1) is 19.3. The molecule has 4 aromatic rings. The van der Waals surface area contributed by atoms with Crippen molar-refractivity contribution in [3.8, 4) is 45.9 Å². The van der Waals surface area contributed by atoms with E-state index in [4.69, 9.17) is 9.47 Å². The van der Waals surface area contributed by atoms with Gasteiger partial charge >= 0.3 is 0 Å². The molecular formula is C22H20N2O6. The van der Waals surface area contributed by atoms with Gasteiger partial charge in [-0.1, -0.05) is 12.1 Å². The van der Waals surface area contributed by atoms with Crippen LogP contribution in [0.15, 0.2) is 48.5 Å². The lowest BCUT2D eigenvalue weighted by molar-refractivity contribution is 0.350. The summed E-state index contributed by atoms with van der Waals surface area (Å²) < 4.78 is 12.2. The molecule has 0 radical (unpaired) electrons. The van der Waals surface area contributed by atoms with Crippen molar-refractivity contribution in [2.75, 3.05) is 14.2 Å². The third kappa shape index (κ3) is 3.18. The van der Waals surface area contributed by atoms with E-state index in [1.165, 1.54) is 26.4 Å². The van der Waals surface area contributed by atoms with Gasteiger partial charge in [0.25, 0.3) is 0 Å². The molecule has 8 nitrogen and oxygen atoms in total. The third-order valence-corrected chi connectivity index (χ3v) is 4.86. The molecular weight excluding hydrogens is 388 g/mol. The number of para-hydroxylation sites is 2. The van der Waals surface area contributed by atoms with E-state index in [0.29, 0.717) is 23.5 Å². The number of phenolic OH excluding ortho intramolecular Hbond substituents is 4. The average Bonchev–Trinajstić information content (AvgIpc) is 3.11. The number of nitrogens with zero attached hydrogens (tertiary/aromatic N) is 2. The molecule has 0 aliphatic heterocycles. The standard InChI is InChI=1S/C22H20N2O6/c1-29-18-8-12(7-16(25)20(18)27)11-24-15-6-4-3-5-14(15)23-22(24)13-9-17(26)21(28)19(10-13)30-2/h3-10,25-28H,11H2,1-2H3. The van der Waals surface area contributed by atoms with Crippen LogP contribution in [0, 0.1) is 0 Å². The number of benzene rings is 3. The lowest BCUT2D eigenvalue weighted by Crippen LogP contribution is -2.03. The van der Waals surface area contributed by atoms with Crippen LogP contribution in [-0.4, -0.2) is 44.2 Å². The number of ether oxygens (including phenoxy) is 2. The number of methoxy groups -OCH3 is 2. The monoisotopic (exact) mass is 408 g/mol. The van der Waals surface area contributed by atoms with Crippen LogP contribution >= 0.6 is 0 Å². The van der Waals surface area contributed by atoms with Gasteiger partial charge in [0, 0.05) is 12.1 Å². The number of phenols is 4. The zero-order valence-electron chi connectivity index (χ0n) is 16.3. The lowest BCUT2D eigenvalue weighted by atomic mass is 10.1. The van der Waals surface area contributed by atoms with E-state index in [0.717, 1.165) is 11.0 Å². The highest BCUT2D eigenvalue weighted by molar-refractivity contribution is 5.81. The second-order valence-electron chi connectivity index (χ2n) is 6.72. The zero-order valence-corrected chi connectivity index (χ0v) is 16.3. The minimum Gasteiger partial charge on any atom is -0.504 e. The van der Waals surface area contributed by atoms with E-state index >= 15 is 0 Å². The van der Waals surface area contributed by atoms with Gasteiger partial charge in [0.05, 0.1) is 25.3 Å². The Kier molecular flexibility index (Phi) is 4.75. The largest absolute Gasteiger partial charge is 0.504 e. The predicted octanol–water partition coefficient (Wildman–Crippen LogP) is 3.59. The van der Waals surface area contributed by atoms with Gasteiger partial charge in [-0.2, -0.15) is 0 Å². The maximum Gasteiger partial charge on any atom is 0.200 e. The summed E-state index contributed by atoms with van der Waals surface area (Å²) in [4.78, 5) is 4.68. The summed E-state index contributed by atoms with van der Waals surface area (Å²) in [5, 5.41) is 40.0. The van der Waals surface area contributed by atoms with Crippen LogP contribution in [0.25, 0.3) is 22.4 Å². The molecule has 0 bridgehead atoms. The first-order chi connectivity index (χ1) is 14.4. The van der Waals surface area contributed by atoms with E-state index in [1.54, 1.807) is 12.1 Å². The van der Waals surface area contributed by atoms with Gasteiger partial charge in [0.2, 0.25) is 11.5 Å². The number of rotatable bonds is 5. The van der Waals surface area contributed by atoms with E-state index in [1.807, 2.05) is 28.8 Å². The van der Waals surface area contributed by atoms with Crippen molar-refractivity contribution < 1.29 is 29.9 Å². The molecule has 154 valence electrons. The van der Waals surface area contributed by atoms with Crippen molar-refractivity contribution >= 4 is 11.0 Å². The van der Waals surface area contributed by atoms with Crippen molar-refractivity contribution in [3.63, 3.8) is 0 Å². The number of hydrogen-bond acceptors (Lipinski definition) is 7. The van der Waals surface area contributed by atoms with Crippen molar-refractivity contribution in [1.82, 2.24) is 9.55 Å². The number of fused-ring (bicyclic) bond motifs is 1. The van der Waals surface area contributed by atoms with E-state index < -0.39 is 0 Å². The third-order valence-electron chi connectivity index (χ3n) is 4.86. The molecule has 1 heterocycles. The number of aromatic nitrogens is 2. The summed E-state index contributed by atoms with van der Waals surface area (Å²) in [5.41, 5.74) is 2.76. The van der Waals surface area contributed by atoms with Gasteiger partial charge in [-0.25, -0.2) is 4.98 Å². The molecule has 4 N–H and O–H groups in total. The van der Waals surface area contributed by atoms with Crippen LogP contribution in [0.3, 0.4) is 0 Å². The number of aromatic hydroxyl groups is 4. The molecule has 0 aliphatic carbocycles. The zero-order chi connectivity index (χ0) is 21.4. The van der Waals surface area contributed by atoms with Crippen LogP contribution in [0.1, 0.15) is 5.56 Å². The molecule has 3 aromatic carbocycles. The predicted molar refractivity (Wildman–Crippen MR) is 110 cm³/mol. The first-order valence-electron chi connectivity index (χ1n) is 9.07. The van der Waals surface area contributed by atoms with E-state index in [2.05, 4.69) is 4.98 Å². The van der Waals surface area contributed by atoms with Gasteiger partial charge in [-0.05, 0) is 42.0 Å². The fourth-order valence-electron chi connectivity index (χ4n) is 3.41. The van der Waals surface area contributed by atoms with Crippen molar-refractivity contribution in [1.29, 1.82) is 0 Å². The molecule has 0 saturated carbocycles. The van der Waals surface area contributed by atoms with Gasteiger partial charge in [-0.15, -0.1) is 0 Å². The molecule has 4 rings (SSSR count). The molecule has 0 atom stereocenters. The molecule has 0 unspecified atom stereocenters. The van der Waals surface area contributed by atoms with Crippen molar-refractivity contribution in [2.24, 2.45) is 0 Å².